The van der Waals surface area contributed by atoms with Gasteiger partial charge in [-0.1, -0.05) is 17.7 Å². The first-order chi connectivity index (χ1) is 17.8. The van der Waals surface area contributed by atoms with Crippen molar-refractivity contribution < 1.29 is 19.6 Å². The monoisotopic (exact) mass is 537 g/mol. The third-order valence-electron chi connectivity index (χ3n) is 5.89. The number of carbonyl (C=O) groups excluding carboxylic acids is 1. The maximum absolute atomic E-state index is 12.9. The van der Waals surface area contributed by atoms with Crippen LogP contribution < -0.4 is 9.64 Å². The molecule has 12 heteroatoms. The summed E-state index contributed by atoms with van der Waals surface area (Å²) in [5.41, 5.74) is 1.71. The van der Waals surface area contributed by atoms with Crippen molar-refractivity contribution >= 4 is 62.8 Å². The van der Waals surface area contributed by atoms with Gasteiger partial charge in [0.05, 0.1) is 35.0 Å². The molecular weight excluding hydrogens is 521 g/mol. The number of benzene rings is 3. The lowest BCUT2D eigenvalue weighted by molar-refractivity contribution is -0.384. The maximum Gasteiger partial charge on any atom is 0.271 e. The number of alkyl halides is 1. The molecule has 186 valence electrons. The highest BCUT2D eigenvalue weighted by molar-refractivity contribution is 6.38. The van der Waals surface area contributed by atoms with E-state index in [0.717, 1.165) is 5.39 Å². The Bertz CT molecular complexity index is 1600. The van der Waals surface area contributed by atoms with E-state index in [2.05, 4.69) is 15.2 Å². The largest absolute Gasteiger partial charge is 0.508 e. The standard InChI is InChI=1S/C25H17Cl2N5O5/c1-37-17-7-5-13-9-18(24(27)28-20(13)12-17)23-22(26)25(34)31(23)21-11-16(33)6-8-19(21)30-29-14-3-2-4-15(10-14)32(35)36/h2-12,22-23,33H,1H3. The van der Waals surface area contributed by atoms with E-state index >= 15 is 0 Å². The van der Waals surface area contributed by atoms with Crippen molar-refractivity contribution in [3.63, 3.8) is 0 Å². The molecule has 1 fully saturated rings. The van der Waals surface area contributed by atoms with Crippen LogP contribution in [0.25, 0.3) is 10.9 Å². The number of non-ortho nitro benzene ring substituents is 1. The normalized spacial score (nSPS) is 17.3. The molecule has 1 aliphatic rings. The Hall–Kier alpha value is -4.28. The van der Waals surface area contributed by atoms with Gasteiger partial charge in [-0.2, -0.15) is 5.11 Å². The van der Waals surface area contributed by atoms with E-state index in [1.807, 2.05) is 6.07 Å². The van der Waals surface area contributed by atoms with Crippen molar-refractivity contribution in [1.82, 2.24) is 4.98 Å². The number of nitro groups is 1. The van der Waals surface area contributed by atoms with E-state index in [-0.39, 0.29) is 33.7 Å². The number of halogens is 2. The molecule has 2 atom stereocenters. The predicted molar refractivity (Wildman–Crippen MR) is 139 cm³/mol. The molecule has 0 bridgehead atoms. The van der Waals surface area contributed by atoms with E-state index < -0.39 is 22.2 Å². The maximum atomic E-state index is 12.9. The summed E-state index contributed by atoms with van der Waals surface area (Å²) >= 11 is 13.0. The van der Waals surface area contributed by atoms with Crippen LogP contribution in [0.5, 0.6) is 11.5 Å². The number of methoxy groups -OCH3 is 1. The van der Waals surface area contributed by atoms with E-state index in [1.165, 1.54) is 41.3 Å². The third-order valence-corrected chi connectivity index (χ3v) is 6.61. The number of anilines is 1. The van der Waals surface area contributed by atoms with Crippen molar-refractivity contribution in [2.45, 2.75) is 11.4 Å². The molecule has 0 spiro atoms. The number of hydrogen-bond acceptors (Lipinski definition) is 8. The Morgan fingerprint density at radius 1 is 1.11 bits per heavy atom. The lowest BCUT2D eigenvalue weighted by Gasteiger charge is -2.44. The van der Waals surface area contributed by atoms with Gasteiger partial charge in [-0.25, -0.2) is 4.98 Å². The second-order valence-corrected chi connectivity index (χ2v) is 8.96. The summed E-state index contributed by atoms with van der Waals surface area (Å²) in [5, 5.41) is 29.5. The molecule has 10 nitrogen and oxygen atoms in total. The molecule has 0 saturated carbocycles. The molecular formula is C25H17Cl2N5O5. The number of phenolic OH excluding ortho intramolecular Hbond substituents is 1. The first kappa shape index (κ1) is 24.4. The second-order valence-electron chi connectivity index (χ2n) is 8.13. The average Bonchev–Trinajstić information content (AvgIpc) is 2.90. The van der Waals surface area contributed by atoms with Crippen LogP contribution in [0.15, 0.2) is 77.0 Å². The van der Waals surface area contributed by atoms with Gasteiger partial charge in [0.1, 0.15) is 27.7 Å². The number of ether oxygens (including phenoxy) is 1. The Labute approximate surface area is 219 Å². The van der Waals surface area contributed by atoms with Crippen LogP contribution in [0.3, 0.4) is 0 Å². The number of phenols is 1. The van der Waals surface area contributed by atoms with Gasteiger partial charge >= 0.3 is 0 Å². The number of fused-ring (bicyclic) bond motifs is 1. The van der Waals surface area contributed by atoms with Crippen LogP contribution in [-0.2, 0) is 4.79 Å². The van der Waals surface area contributed by atoms with Gasteiger partial charge in [0.2, 0.25) is 5.91 Å². The molecule has 1 aliphatic heterocycles. The van der Waals surface area contributed by atoms with Crippen LogP contribution in [-0.4, -0.2) is 33.4 Å². The number of nitrogens with zero attached hydrogens (tertiary/aromatic N) is 5. The topological polar surface area (TPSA) is 131 Å². The van der Waals surface area contributed by atoms with Gasteiger partial charge in [0.15, 0.2) is 0 Å². The zero-order valence-corrected chi connectivity index (χ0v) is 20.6. The van der Waals surface area contributed by atoms with Gasteiger partial charge < -0.3 is 9.84 Å². The number of nitro benzene ring substituents is 1. The predicted octanol–water partition coefficient (Wildman–Crippen LogP) is 6.62. The summed E-state index contributed by atoms with van der Waals surface area (Å²) in [6.07, 6.45) is 0. The van der Waals surface area contributed by atoms with Crippen molar-refractivity contribution in [3.8, 4) is 11.5 Å². The fourth-order valence-electron chi connectivity index (χ4n) is 4.06. The molecule has 4 aromatic rings. The van der Waals surface area contributed by atoms with Crippen LogP contribution >= 0.6 is 23.2 Å². The number of pyridine rings is 1. The first-order valence-electron chi connectivity index (χ1n) is 10.9. The highest BCUT2D eigenvalue weighted by atomic mass is 35.5. The summed E-state index contributed by atoms with van der Waals surface area (Å²) in [4.78, 5) is 29.3. The van der Waals surface area contributed by atoms with E-state index in [0.29, 0.717) is 16.8 Å². The Kier molecular flexibility index (Phi) is 6.36. The molecule has 0 aliphatic carbocycles. The summed E-state index contributed by atoms with van der Waals surface area (Å²) in [5.74, 6) is 0.0941. The molecule has 2 unspecified atom stereocenters. The number of β-lactam (4-membered cyclic amide) rings is 1. The van der Waals surface area contributed by atoms with Crippen molar-refractivity contribution in [2.75, 3.05) is 12.0 Å². The van der Waals surface area contributed by atoms with Crippen molar-refractivity contribution in [2.24, 2.45) is 10.2 Å². The number of azo groups is 1. The van der Waals surface area contributed by atoms with Crippen molar-refractivity contribution in [3.05, 3.63) is 87.6 Å². The van der Waals surface area contributed by atoms with Gasteiger partial charge in [0.25, 0.3) is 5.69 Å². The Morgan fingerprint density at radius 2 is 1.92 bits per heavy atom. The number of rotatable bonds is 6. The van der Waals surface area contributed by atoms with Crippen LogP contribution in [0.4, 0.5) is 22.7 Å². The van der Waals surface area contributed by atoms with E-state index in [9.17, 15) is 20.0 Å². The van der Waals surface area contributed by atoms with Crippen molar-refractivity contribution in [1.29, 1.82) is 0 Å². The Morgan fingerprint density at radius 3 is 2.68 bits per heavy atom. The van der Waals surface area contributed by atoms with Gasteiger partial charge in [-0.15, -0.1) is 16.7 Å². The number of hydrogen-bond donors (Lipinski definition) is 1. The summed E-state index contributed by atoms with van der Waals surface area (Å²) in [6.45, 7) is 0. The molecule has 1 N–H and O–H groups in total. The third kappa shape index (κ3) is 4.52. The van der Waals surface area contributed by atoms with Crippen LogP contribution in [0, 0.1) is 10.1 Å². The number of amides is 1. The molecule has 1 aromatic heterocycles. The summed E-state index contributed by atoms with van der Waals surface area (Å²) in [6, 6.07) is 16.3. The fraction of sp³-hybridized carbons (Fsp3) is 0.120. The van der Waals surface area contributed by atoms with E-state index in [1.54, 1.807) is 31.4 Å². The molecule has 5 rings (SSSR count). The van der Waals surface area contributed by atoms with Crippen LogP contribution in [0.1, 0.15) is 11.6 Å². The average molecular weight is 538 g/mol. The Balaban J connectivity index is 1.55. The molecule has 2 heterocycles. The SMILES string of the molecule is COc1ccc2cc(C3C(Cl)C(=O)N3c3cc(O)ccc3N=Nc3cccc([N+](=O)[O-])c3)c(Cl)nc2c1. The zero-order chi connectivity index (χ0) is 26.3. The zero-order valence-electron chi connectivity index (χ0n) is 19.1. The number of aromatic nitrogens is 1. The molecule has 0 radical (unpaired) electrons. The van der Waals surface area contributed by atoms with Crippen LogP contribution in [0.2, 0.25) is 5.15 Å². The van der Waals surface area contributed by atoms with E-state index in [4.69, 9.17) is 27.9 Å². The number of aromatic hydroxyl groups is 1. The minimum Gasteiger partial charge on any atom is -0.508 e. The lowest BCUT2D eigenvalue weighted by Crippen LogP contribution is -2.56. The van der Waals surface area contributed by atoms with Gasteiger partial charge in [0, 0.05) is 35.2 Å². The quantitative estimate of drug-likeness (QED) is 0.0733. The molecule has 1 saturated heterocycles. The summed E-state index contributed by atoms with van der Waals surface area (Å²) < 4.78 is 5.24. The van der Waals surface area contributed by atoms with Gasteiger partial charge in [-0.05, 0) is 36.4 Å². The molecule has 3 aromatic carbocycles. The smallest absolute Gasteiger partial charge is 0.271 e. The fourth-order valence-corrected chi connectivity index (χ4v) is 4.67. The number of carbonyl (C=O) groups is 1. The highest BCUT2D eigenvalue weighted by Crippen LogP contribution is 2.48. The molecule has 37 heavy (non-hydrogen) atoms. The lowest BCUT2D eigenvalue weighted by atomic mass is 9.92. The first-order valence-corrected chi connectivity index (χ1v) is 11.7. The minimum absolute atomic E-state index is 0.108. The van der Waals surface area contributed by atoms with Gasteiger partial charge in [-0.3, -0.25) is 19.8 Å². The highest BCUT2D eigenvalue weighted by Gasteiger charge is 2.50. The second kappa shape index (κ2) is 9.64. The summed E-state index contributed by atoms with van der Waals surface area (Å²) in [7, 11) is 1.55. The minimum atomic E-state index is -0.932. The molecule has 1 amide bonds.